The largest absolute Gasteiger partial charge is 0.507 e. The molecule has 79 heavy (non-hydrogen) atoms. The summed E-state index contributed by atoms with van der Waals surface area (Å²) in [5.74, 6) is 0.882. The molecule has 0 aliphatic carbocycles. The van der Waals surface area contributed by atoms with Crippen molar-refractivity contribution in [2.24, 2.45) is 0 Å². The van der Waals surface area contributed by atoms with Gasteiger partial charge in [-0.15, -0.1) is 0 Å². The second-order valence-corrected chi connectivity index (χ2v) is 27.1. The zero-order chi connectivity index (χ0) is 56.1. The fourth-order valence-corrected chi connectivity index (χ4v) is 11.1. The highest BCUT2D eigenvalue weighted by molar-refractivity contribution is 6.10. The van der Waals surface area contributed by atoms with Crippen molar-refractivity contribution in [3.63, 3.8) is 0 Å². The molecule has 0 bridgehead atoms. The number of imidazole rings is 1. The van der Waals surface area contributed by atoms with E-state index in [2.05, 4.69) is 265 Å². The van der Waals surface area contributed by atoms with Gasteiger partial charge in [-0.05, 0) is 168 Å². The van der Waals surface area contributed by atoms with Crippen LogP contribution in [0.2, 0.25) is 0 Å². The van der Waals surface area contributed by atoms with Crippen molar-refractivity contribution in [1.29, 1.82) is 0 Å². The summed E-state index contributed by atoms with van der Waals surface area (Å²) in [5.41, 5.74) is 21.8. The molecule has 3 aromatic heterocycles. The lowest BCUT2D eigenvalue weighted by molar-refractivity contribution is 0.477. The molecule has 0 aliphatic rings. The van der Waals surface area contributed by atoms with Crippen LogP contribution < -0.4 is 0 Å². The molecule has 0 atom stereocenters. The van der Waals surface area contributed by atoms with Gasteiger partial charge in [-0.1, -0.05) is 195 Å². The van der Waals surface area contributed by atoms with Gasteiger partial charge in [-0.25, -0.2) is 4.98 Å². The SMILES string of the molecule is CC(C)(C)c1cc(-c2cc(-c3ccc4c(c3)c3ccccc3n4-c3cccc(-c4cc(C(C)(C)C)cc(C(C)(C)C)c4)c3)ccn2)cc(-c2cccc3c2nc(-c2ccccc2O)n3-c2cc(C(C)(C)C)cc(C(C)(C)C)c2)c1. The van der Waals surface area contributed by atoms with Crippen LogP contribution in [0.3, 0.4) is 0 Å². The van der Waals surface area contributed by atoms with E-state index in [1.165, 1.54) is 55.2 Å². The van der Waals surface area contributed by atoms with E-state index in [0.717, 1.165) is 61.4 Å². The standard InChI is InChI=1S/C74H76N4O/c1-70(2,3)52-37-50(59-26-21-28-66-68(59)76-69(61-25-17-19-29-67(61)79)78(66)58-44-55(73(10,11)12)43-56(45-58)74(13,14)15)34-51(38-52)63-41-48(32-33-75-63)47-30-31-65-62(40-47)60-24-16-18-27-64(60)77(65)57-23-20-22-46(39-57)49-35-53(71(4,5)6)42-54(36-49)72(7,8)9/h16-45,79H,1-15H3. The van der Waals surface area contributed by atoms with Crippen molar-refractivity contribution in [3.05, 3.63) is 210 Å². The van der Waals surface area contributed by atoms with Crippen LogP contribution in [0.4, 0.5) is 0 Å². The van der Waals surface area contributed by atoms with Gasteiger partial charge >= 0.3 is 0 Å². The Morgan fingerprint density at radius 1 is 0.342 bits per heavy atom. The van der Waals surface area contributed by atoms with Crippen LogP contribution >= 0.6 is 0 Å². The minimum atomic E-state index is -0.169. The van der Waals surface area contributed by atoms with E-state index < -0.39 is 0 Å². The van der Waals surface area contributed by atoms with Crippen LogP contribution in [0.25, 0.3) is 100 Å². The van der Waals surface area contributed by atoms with Gasteiger partial charge in [-0.3, -0.25) is 9.55 Å². The van der Waals surface area contributed by atoms with Crippen LogP contribution in [0, 0.1) is 0 Å². The molecule has 0 fully saturated rings. The first-order valence-corrected chi connectivity index (χ1v) is 28.1. The van der Waals surface area contributed by atoms with E-state index in [1.54, 1.807) is 6.07 Å². The maximum Gasteiger partial charge on any atom is 0.149 e. The van der Waals surface area contributed by atoms with Crippen molar-refractivity contribution in [2.45, 2.75) is 131 Å². The van der Waals surface area contributed by atoms with Crippen LogP contribution in [-0.4, -0.2) is 24.2 Å². The lowest BCUT2D eigenvalue weighted by Gasteiger charge is -2.27. The van der Waals surface area contributed by atoms with E-state index >= 15 is 0 Å². The molecule has 398 valence electrons. The number of phenolic OH excluding ortho intramolecular Hbond substituents is 1. The number of aromatic hydroxyl groups is 1. The number of phenols is 1. The zero-order valence-electron chi connectivity index (χ0n) is 49.1. The average molecular weight is 1040 g/mol. The molecule has 11 aromatic rings. The first-order chi connectivity index (χ1) is 37.2. The second-order valence-electron chi connectivity index (χ2n) is 27.1. The Hall–Kier alpha value is -8.02. The van der Waals surface area contributed by atoms with Crippen LogP contribution in [-0.2, 0) is 27.1 Å². The van der Waals surface area contributed by atoms with Gasteiger partial charge in [0.1, 0.15) is 11.6 Å². The molecule has 1 N–H and O–H groups in total. The summed E-state index contributed by atoms with van der Waals surface area (Å²) >= 11 is 0. The van der Waals surface area contributed by atoms with Crippen LogP contribution in [0.1, 0.15) is 132 Å². The summed E-state index contributed by atoms with van der Waals surface area (Å²) in [6.45, 7) is 34.3. The van der Waals surface area contributed by atoms with E-state index in [-0.39, 0.29) is 32.8 Å². The van der Waals surface area contributed by atoms with Gasteiger partial charge in [0.15, 0.2) is 0 Å². The van der Waals surface area contributed by atoms with Gasteiger partial charge in [0.05, 0.1) is 33.3 Å². The van der Waals surface area contributed by atoms with Crippen molar-refractivity contribution in [1.82, 2.24) is 19.1 Å². The Morgan fingerprint density at radius 2 is 0.861 bits per heavy atom. The Kier molecular flexibility index (Phi) is 12.8. The van der Waals surface area contributed by atoms with Gasteiger partial charge in [0.25, 0.3) is 0 Å². The third-order valence-electron chi connectivity index (χ3n) is 16.0. The number of pyridine rings is 1. The van der Waals surface area contributed by atoms with E-state index in [0.29, 0.717) is 11.4 Å². The molecule has 0 spiro atoms. The highest BCUT2D eigenvalue weighted by atomic mass is 16.3. The summed E-state index contributed by atoms with van der Waals surface area (Å²) in [5, 5.41) is 13.9. The minimum Gasteiger partial charge on any atom is -0.507 e. The normalized spacial score (nSPS) is 12.8. The molecule has 0 radical (unpaired) electrons. The Morgan fingerprint density at radius 3 is 1.52 bits per heavy atom. The Bertz CT molecular complexity index is 4100. The predicted molar refractivity (Wildman–Crippen MR) is 336 cm³/mol. The Balaban J connectivity index is 1.03. The molecule has 0 saturated heterocycles. The first-order valence-electron chi connectivity index (χ1n) is 28.1. The highest BCUT2D eigenvalue weighted by Gasteiger charge is 2.27. The summed E-state index contributed by atoms with van der Waals surface area (Å²) in [4.78, 5) is 10.6. The highest BCUT2D eigenvalue weighted by Crippen LogP contribution is 2.43. The average Bonchev–Trinajstić information content (AvgIpc) is 4.12. The fourth-order valence-electron chi connectivity index (χ4n) is 11.1. The molecule has 5 nitrogen and oxygen atoms in total. The number of fused-ring (bicyclic) bond motifs is 4. The van der Waals surface area contributed by atoms with Crippen molar-refractivity contribution in [2.75, 3.05) is 0 Å². The Labute approximate surface area is 468 Å². The first kappa shape index (κ1) is 53.0. The maximum atomic E-state index is 11.5. The molecule has 0 unspecified atom stereocenters. The van der Waals surface area contributed by atoms with Crippen molar-refractivity contribution < 1.29 is 5.11 Å². The number of hydrogen-bond donors (Lipinski definition) is 1. The number of rotatable bonds is 7. The van der Waals surface area contributed by atoms with Crippen LogP contribution in [0.5, 0.6) is 5.75 Å². The van der Waals surface area contributed by atoms with E-state index in [4.69, 9.17) is 9.97 Å². The quantitative estimate of drug-likeness (QED) is 0.173. The molecule has 11 rings (SSSR count). The number of nitrogens with zero attached hydrogens (tertiary/aromatic N) is 4. The number of para-hydroxylation sites is 3. The third-order valence-corrected chi connectivity index (χ3v) is 16.0. The van der Waals surface area contributed by atoms with E-state index in [9.17, 15) is 5.11 Å². The monoisotopic (exact) mass is 1040 g/mol. The molecule has 0 amide bonds. The molecule has 0 saturated carbocycles. The zero-order valence-corrected chi connectivity index (χ0v) is 49.1. The summed E-state index contributed by atoms with van der Waals surface area (Å²) in [7, 11) is 0. The minimum absolute atomic E-state index is 0.0202. The molecule has 3 heterocycles. The lowest BCUT2D eigenvalue weighted by Crippen LogP contribution is -2.17. The van der Waals surface area contributed by atoms with Gasteiger partial charge in [0, 0.05) is 39.5 Å². The topological polar surface area (TPSA) is 55.9 Å². The molecule has 0 aliphatic heterocycles. The second kappa shape index (κ2) is 19.1. The van der Waals surface area contributed by atoms with Crippen LogP contribution in [0.15, 0.2) is 182 Å². The molecular weight excluding hydrogens is 961 g/mol. The smallest absolute Gasteiger partial charge is 0.149 e. The third kappa shape index (κ3) is 10.1. The summed E-state index contributed by atoms with van der Waals surface area (Å²) < 4.78 is 4.67. The summed E-state index contributed by atoms with van der Waals surface area (Å²) in [6.07, 6.45) is 1.95. The van der Waals surface area contributed by atoms with Gasteiger partial charge in [0.2, 0.25) is 0 Å². The van der Waals surface area contributed by atoms with Crippen molar-refractivity contribution in [3.8, 4) is 73.2 Å². The predicted octanol–water partition coefficient (Wildman–Crippen LogP) is 20.0. The number of aromatic nitrogens is 4. The fraction of sp³-hybridized carbons (Fsp3) is 0.270. The van der Waals surface area contributed by atoms with Crippen molar-refractivity contribution >= 4 is 32.8 Å². The molecule has 8 aromatic carbocycles. The molecular formula is C74H76N4O. The maximum absolute atomic E-state index is 11.5. The van der Waals surface area contributed by atoms with Gasteiger partial charge < -0.3 is 9.67 Å². The lowest BCUT2D eigenvalue weighted by atomic mass is 9.79. The molecule has 5 heteroatoms. The summed E-state index contributed by atoms with van der Waals surface area (Å²) in [6, 6.07) is 64.2. The number of benzene rings is 8. The number of hydrogen-bond acceptors (Lipinski definition) is 3. The van der Waals surface area contributed by atoms with E-state index in [1.807, 2.05) is 24.4 Å². The van der Waals surface area contributed by atoms with Gasteiger partial charge in [-0.2, -0.15) is 0 Å².